The molecule has 1 aliphatic heterocycles. The Bertz CT molecular complexity index is 816. The normalized spacial score (nSPS) is 14.4. The van der Waals surface area contributed by atoms with Crippen molar-refractivity contribution in [1.82, 2.24) is 9.80 Å². The Kier molecular flexibility index (Phi) is 6.07. The summed E-state index contributed by atoms with van der Waals surface area (Å²) in [5.41, 5.74) is 1.31. The van der Waals surface area contributed by atoms with E-state index in [-0.39, 0.29) is 16.8 Å². The van der Waals surface area contributed by atoms with Crippen molar-refractivity contribution in [1.29, 1.82) is 0 Å². The minimum absolute atomic E-state index is 0.0419. The summed E-state index contributed by atoms with van der Waals surface area (Å²) in [5, 5.41) is 1.27. The predicted molar refractivity (Wildman–Crippen MR) is 104 cm³/mol. The van der Waals surface area contributed by atoms with Crippen molar-refractivity contribution in [2.45, 2.75) is 6.42 Å². The van der Waals surface area contributed by atoms with Gasteiger partial charge in [0.1, 0.15) is 0 Å². The highest BCUT2D eigenvalue weighted by Crippen LogP contribution is 2.26. The molecule has 0 N–H and O–H groups in total. The molecule has 0 radical (unpaired) electrons. The van der Waals surface area contributed by atoms with Gasteiger partial charge in [0.15, 0.2) is 0 Å². The van der Waals surface area contributed by atoms with Crippen LogP contribution in [0.5, 0.6) is 0 Å². The molecule has 2 aromatic carbocycles. The van der Waals surface area contributed by atoms with Gasteiger partial charge < -0.3 is 9.80 Å². The summed E-state index contributed by atoms with van der Waals surface area (Å²) in [6, 6.07) is 12.3. The molecule has 1 heterocycles. The van der Waals surface area contributed by atoms with Crippen LogP contribution in [0, 0.1) is 0 Å². The van der Waals surface area contributed by atoms with Crippen molar-refractivity contribution < 1.29 is 9.59 Å². The summed E-state index contributed by atoms with van der Waals surface area (Å²) < 4.78 is 0. The van der Waals surface area contributed by atoms with Gasteiger partial charge in [0.25, 0.3) is 5.91 Å². The third-order valence-electron chi connectivity index (χ3n) is 4.37. The molecular weight excluding hydrogens is 395 g/mol. The molecule has 0 aromatic heterocycles. The highest BCUT2D eigenvalue weighted by Gasteiger charge is 2.26. The number of rotatable bonds is 3. The molecule has 26 heavy (non-hydrogen) atoms. The first-order valence-electron chi connectivity index (χ1n) is 8.21. The number of piperazine rings is 1. The van der Waals surface area contributed by atoms with Crippen molar-refractivity contribution >= 4 is 46.6 Å². The van der Waals surface area contributed by atoms with Crippen LogP contribution in [0.4, 0.5) is 0 Å². The van der Waals surface area contributed by atoms with E-state index in [0.29, 0.717) is 48.2 Å². The molecule has 0 saturated carbocycles. The van der Waals surface area contributed by atoms with Gasteiger partial charge in [0.05, 0.1) is 22.0 Å². The van der Waals surface area contributed by atoms with E-state index in [0.717, 1.165) is 5.56 Å². The maximum Gasteiger partial charge on any atom is 0.255 e. The zero-order chi connectivity index (χ0) is 18.7. The molecular formula is C19H17Cl3N2O2. The summed E-state index contributed by atoms with van der Waals surface area (Å²) in [6.07, 6.45) is 0.325. The Morgan fingerprint density at radius 3 is 2.12 bits per heavy atom. The summed E-state index contributed by atoms with van der Waals surface area (Å²) in [7, 11) is 0. The van der Waals surface area contributed by atoms with Crippen LogP contribution in [0.3, 0.4) is 0 Å². The van der Waals surface area contributed by atoms with Crippen molar-refractivity contribution in [3.63, 3.8) is 0 Å². The SMILES string of the molecule is O=C(Cc1ccc(Cl)cc1)N1CCN(C(=O)c2cccc(Cl)c2Cl)CC1. The van der Waals surface area contributed by atoms with Gasteiger partial charge >= 0.3 is 0 Å². The smallest absolute Gasteiger partial charge is 0.255 e. The molecule has 0 aliphatic carbocycles. The van der Waals surface area contributed by atoms with Crippen molar-refractivity contribution in [2.24, 2.45) is 0 Å². The number of nitrogens with zero attached hydrogens (tertiary/aromatic N) is 2. The second-order valence-electron chi connectivity index (χ2n) is 6.08. The number of hydrogen-bond acceptors (Lipinski definition) is 2. The minimum Gasteiger partial charge on any atom is -0.339 e. The largest absolute Gasteiger partial charge is 0.339 e. The number of carbonyl (C=O) groups excluding carboxylic acids is 2. The fourth-order valence-corrected chi connectivity index (χ4v) is 3.39. The molecule has 3 rings (SSSR count). The highest BCUT2D eigenvalue weighted by molar-refractivity contribution is 6.43. The Labute approximate surface area is 167 Å². The summed E-state index contributed by atoms with van der Waals surface area (Å²) in [6.45, 7) is 1.93. The number of carbonyl (C=O) groups is 2. The minimum atomic E-state index is -0.165. The predicted octanol–water partition coefficient (Wildman–Crippen LogP) is 4.17. The number of hydrogen-bond donors (Lipinski definition) is 0. The molecule has 136 valence electrons. The van der Waals surface area contributed by atoms with Gasteiger partial charge in [-0.3, -0.25) is 9.59 Å². The Morgan fingerprint density at radius 2 is 1.46 bits per heavy atom. The van der Waals surface area contributed by atoms with Crippen molar-refractivity contribution in [3.05, 3.63) is 68.7 Å². The highest BCUT2D eigenvalue weighted by atomic mass is 35.5. The molecule has 4 nitrogen and oxygen atoms in total. The first kappa shape index (κ1) is 19.0. The lowest BCUT2D eigenvalue weighted by Crippen LogP contribution is -2.51. The number of halogens is 3. The number of benzene rings is 2. The van der Waals surface area contributed by atoms with Crippen LogP contribution >= 0.6 is 34.8 Å². The van der Waals surface area contributed by atoms with E-state index in [4.69, 9.17) is 34.8 Å². The zero-order valence-corrected chi connectivity index (χ0v) is 16.2. The van der Waals surface area contributed by atoms with Crippen LogP contribution in [0.15, 0.2) is 42.5 Å². The molecule has 0 atom stereocenters. The maximum atomic E-state index is 12.6. The van der Waals surface area contributed by atoms with E-state index in [1.54, 1.807) is 40.1 Å². The molecule has 1 aliphatic rings. The van der Waals surface area contributed by atoms with Crippen LogP contribution in [-0.2, 0) is 11.2 Å². The Hall–Kier alpha value is -1.75. The molecule has 0 spiro atoms. The maximum absolute atomic E-state index is 12.6. The van der Waals surface area contributed by atoms with Gasteiger partial charge in [-0.2, -0.15) is 0 Å². The van der Waals surface area contributed by atoms with Gasteiger partial charge in [0, 0.05) is 31.2 Å². The topological polar surface area (TPSA) is 40.6 Å². The lowest BCUT2D eigenvalue weighted by molar-refractivity contribution is -0.131. The van der Waals surface area contributed by atoms with Crippen LogP contribution < -0.4 is 0 Å². The molecule has 2 aromatic rings. The lowest BCUT2D eigenvalue weighted by Gasteiger charge is -2.35. The van der Waals surface area contributed by atoms with Crippen LogP contribution in [0.2, 0.25) is 15.1 Å². The van der Waals surface area contributed by atoms with Gasteiger partial charge in [0.2, 0.25) is 5.91 Å². The van der Waals surface area contributed by atoms with Gasteiger partial charge in [-0.25, -0.2) is 0 Å². The Balaban J connectivity index is 1.58. The summed E-state index contributed by atoms with van der Waals surface area (Å²) >= 11 is 18.0. The second kappa shape index (κ2) is 8.30. The van der Waals surface area contributed by atoms with E-state index in [1.807, 2.05) is 12.1 Å². The first-order chi connectivity index (χ1) is 12.5. The summed E-state index contributed by atoms with van der Waals surface area (Å²) in [5.74, 6) is -0.123. The third kappa shape index (κ3) is 4.32. The van der Waals surface area contributed by atoms with Crippen LogP contribution in [0.25, 0.3) is 0 Å². The molecule has 1 saturated heterocycles. The van der Waals surface area contributed by atoms with E-state index < -0.39 is 0 Å². The first-order valence-corrected chi connectivity index (χ1v) is 9.34. The molecule has 2 amide bonds. The fourth-order valence-electron chi connectivity index (χ4n) is 2.89. The standard InChI is InChI=1S/C19H17Cl3N2O2/c20-14-6-4-13(5-7-14)12-17(25)23-8-10-24(11-9-23)19(26)15-2-1-3-16(21)18(15)22/h1-7H,8-12H2. The molecule has 0 bridgehead atoms. The van der Waals surface area contributed by atoms with Gasteiger partial charge in [-0.05, 0) is 29.8 Å². The third-order valence-corrected chi connectivity index (χ3v) is 5.44. The monoisotopic (exact) mass is 410 g/mol. The molecule has 1 fully saturated rings. The van der Waals surface area contributed by atoms with E-state index in [2.05, 4.69) is 0 Å². The van der Waals surface area contributed by atoms with E-state index >= 15 is 0 Å². The summed E-state index contributed by atoms with van der Waals surface area (Å²) in [4.78, 5) is 28.6. The Morgan fingerprint density at radius 1 is 0.846 bits per heavy atom. The quantitative estimate of drug-likeness (QED) is 0.760. The van der Waals surface area contributed by atoms with E-state index in [1.165, 1.54) is 0 Å². The van der Waals surface area contributed by atoms with E-state index in [9.17, 15) is 9.59 Å². The zero-order valence-electron chi connectivity index (χ0n) is 13.9. The molecule has 7 heteroatoms. The average molecular weight is 412 g/mol. The van der Waals surface area contributed by atoms with Gasteiger partial charge in [-0.1, -0.05) is 53.0 Å². The molecule has 0 unspecified atom stereocenters. The van der Waals surface area contributed by atoms with Crippen molar-refractivity contribution in [2.75, 3.05) is 26.2 Å². The average Bonchev–Trinajstić information content (AvgIpc) is 2.65. The van der Waals surface area contributed by atoms with Gasteiger partial charge in [-0.15, -0.1) is 0 Å². The second-order valence-corrected chi connectivity index (χ2v) is 7.30. The number of amides is 2. The fraction of sp³-hybridized carbons (Fsp3) is 0.263. The van der Waals surface area contributed by atoms with Crippen LogP contribution in [-0.4, -0.2) is 47.8 Å². The van der Waals surface area contributed by atoms with Crippen LogP contribution in [0.1, 0.15) is 15.9 Å². The lowest BCUT2D eigenvalue weighted by atomic mass is 10.1. The van der Waals surface area contributed by atoms with Crippen molar-refractivity contribution in [3.8, 4) is 0 Å².